The molecule has 122 valence electrons. The number of pyridine rings is 1. The lowest BCUT2D eigenvalue weighted by Gasteiger charge is -2.08. The van der Waals surface area contributed by atoms with Gasteiger partial charge in [0.2, 0.25) is 0 Å². The van der Waals surface area contributed by atoms with Crippen molar-refractivity contribution in [3.05, 3.63) is 77.5 Å². The maximum Gasteiger partial charge on any atom is 0.252 e. The number of hydrogen-bond acceptors (Lipinski definition) is 3. The van der Waals surface area contributed by atoms with Crippen LogP contribution in [0.15, 0.2) is 60.8 Å². The number of thioether (sulfide) groups is 1. The number of amides is 1. The Bertz CT molecular complexity index is 825. The molecule has 0 aliphatic rings. The van der Waals surface area contributed by atoms with E-state index in [9.17, 15) is 4.79 Å². The van der Waals surface area contributed by atoms with Crippen LogP contribution in [0.1, 0.15) is 21.5 Å². The van der Waals surface area contributed by atoms with E-state index in [-0.39, 0.29) is 5.91 Å². The van der Waals surface area contributed by atoms with Crippen LogP contribution in [0.25, 0.3) is 10.9 Å². The first-order chi connectivity index (χ1) is 11.7. The van der Waals surface area contributed by atoms with Crippen LogP contribution < -0.4 is 5.32 Å². The Hall–Kier alpha value is -2.33. The molecule has 0 aliphatic heterocycles. The van der Waals surface area contributed by atoms with Crippen LogP contribution in [-0.2, 0) is 5.75 Å². The maximum atomic E-state index is 12.4. The lowest BCUT2D eigenvalue weighted by molar-refractivity contribution is 0.0958. The number of aryl methyl sites for hydroxylation is 1. The van der Waals surface area contributed by atoms with E-state index in [4.69, 9.17) is 0 Å². The number of para-hydroxylation sites is 1. The van der Waals surface area contributed by atoms with Gasteiger partial charge in [0.15, 0.2) is 0 Å². The molecule has 0 spiro atoms. The van der Waals surface area contributed by atoms with E-state index in [1.54, 1.807) is 12.3 Å². The summed E-state index contributed by atoms with van der Waals surface area (Å²) < 4.78 is 0. The Labute approximate surface area is 146 Å². The standard InChI is InChI=1S/C20H20N2OS/c1-15-6-8-16(9-7-15)14-24-13-12-22-20(23)18-10-11-21-19-5-3-2-4-17(18)19/h2-11H,12-14H2,1H3,(H,22,23). The largest absolute Gasteiger partial charge is 0.351 e. The van der Waals surface area contributed by atoms with Crippen LogP contribution in [0.2, 0.25) is 0 Å². The highest BCUT2D eigenvalue weighted by Crippen LogP contribution is 2.16. The molecule has 0 atom stereocenters. The van der Waals surface area contributed by atoms with E-state index in [0.29, 0.717) is 12.1 Å². The molecule has 1 aromatic heterocycles. The van der Waals surface area contributed by atoms with Crippen LogP contribution in [0.4, 0.5) is 0 Å². The molecule has 0 radical (unpaired) electrons. The van der Waals surface area contributed by atoms with Crippen molar-refractivity contribution in [2.75, 3.05) is 12.3 Å². The summed E-state index contributed by atoms with van der Waals surface area (Å²) in [5.41, 5.74) is 4.13. The maximum absolute atomic E-state index is 12.4. The molecule has 4 heteroatoms. The van der Waals surface area contributed by atoms with E-state index >= 15 is 0 Å². The van der Waals surface area contributed by atoms with E-state index in [0.717, 1.165) is 22.4 Å². The highest BCUT2D eigenvalue weighted by atomic mass is 32.2. The van der Waals surface area contributed by atoms with Gasteiger partial charge in [-0.25, -0.2) is 0 Å². The van der Waals surface area contributed by atoms with E-state index in [1.807, 2.05) is 36.0 Å². The topological polar surface area (TPSA) is 42.0 Å². The fourth-order valence-corrected chi connectivity index (χ4v) is 3.32. The summed E-state index contributed by atoms with van der Waals surface area (Å²) in [6, 6.07) is 18.1. The Morgan fingerprint density at radius 1 is 1.08 bits per heavy atom. The summed E-state index contributed by atoms with van der Waals surface area (Å²) in [5, 5.41) is 3.89. The summed E-state index contributed by atoms with van der Waals surface area (Å²) in [4.78, 5) is 16.7. The average Bonchev–Trinajstić information content (AvgIpc) is 2.62. The molecule has 0 unspecified atom stereocenters. The van der Waals surface area contributed by atoms with E-state index in [1.165, 1.54) is 11.1 Å². The Balaban J connectivity index is 1.49. The van der Waals surface area contributed by atoms with Gasteiger partial charge in [0, 0.05) is 29.6 Å². The number of hydrogen-bond donors (Lipinski definition) is 1. The SMILES string of the molecule is Cc1ccc(CSCCNC(=O)c2ccnc3ccccc23)cc1. The zero-order chi connectivity index (χ0) is 16.8. The lowest BCUT2D eigenvalue weighted by atomic mass is 10.1. The Morgan fingerprint density at radius 2 is 1.88 bits per heavy atom. The zero-order valence-electron chi connectivity index (χ0n) is 13.7. The van der Waals surface area contributed by atoms with Crippen molar-refractivity contribution in [2.45, 2.75) is 12.7 Å². The molecule has 0 bridgehead atoms. The second kappa shape index (κ2) is 7.97. The third-order valence-electron chi connectivity index (χ3n) is 3.81. The fourth-order valence-electron chi connectivity index (χ4n) is 2.50. The van der Waals surface area contributed by atoms with E-state index in [2.05, 4.69) is 41.5 Å². The average molecular weight is 336 g/mol. The number of aromatic nitrogens is 1. The summed E-state index contributed by atoms with van der Waals surface area (Å²) >= 11 is 1.83. The first-order valence-electron chi connectivity index (χ1n) is 7.99. The number of nitrogens with zero attached hydrogens (tertiary/aromatic N) is 1. The van der Waals surface area contributed by atoms with Gasteiger partial charge in [0.05, 0.1) is 11.1 Å². The monoisotopic (exact) mass is 336 g/mol. The molecule has 1 amide bonds. The minimum Gasteiger partial charge on any atom is -0.351 e. The smallest absolute Gasteiger partial charge is 0.252 e. The number of carbonyl (C=O) groups is 1. The second-order valence-corrected chi connectivity index (χ2v) is 6.77. The molecule has 0 saturated carbocycles. The van der Waals surface area contributed by atoms with Gasteiger partial charge >= 0.3 is 0 Å². The highest BCUT2D eigenvalue weighted by molar-refractivity contribution is 7.98. The minimum atomic E-state index is -0.0375. The van der Waals surface area contributed by atoms with Gasteiger partial charge in [0.1, 0.15) is 0 Å². The number of rotatable bonds is 6. The lowest BCUT2D eigenvalue weighted by Crippen LogP contribution is -2.26. The molecule has 0 fully saturated rings. The Kier molecular flexibility index (Phi) is 5.49. The van der Waals surface area contributed by atoms with Crippen molar-refractivity contribution in [1.29, 1.82) is 0 Å². The molecular formula is C20H20N2OS. The summed E-state index contributed by atoms with van der Waals surface area (Å²) in [6.45, 7) is 2.75. The van der Waals surface area contributed by atoms with Gasteiger partial charge in [0.25, 0.3) is 5.91 Å². The normalized spacial score (nSPS) is 10.7. The van der Waals surface area contributed by atoms with Gasteiger partial charge < -0.3 is 5.32 Å². The van der Waals surface area contributed by atoms with Crippen LogP contribution in [-0.4, -0.2) is 23.2 Å². The molecule has 2 aromatic carbocycles. The predicted octanol–water partition coefficient (Wildman–Crippen LogP) is 4.21. The first kappa shape index (κ1) is 16.5. The van der Waals surface area contributed by atoms with E-state index < -0.39 is 0 Å². The molecule has 1 heterocycles. The zero-order valence-corrected chi connectivity index (χ0v) is 14.5. The predicted molar refractivity (Wildman–Crippen MR) is 101 cm³/mol. The van der Waals surface area contributed by atoms with Crippen molar-refractivity contribution < 1.29 is 4.79 Å². The van der Waals surface area contributed by atoms with Gasteiger partial charge in [-0.15, -0.1) is 0 Å². The quantitative estimate of drug-likeness (QED) is 0.686. The van der Waals surface area contributed by atoms with Crippen molar-refractivity contribution in [3.63, 3.8) is 0 Å². The molecule has 3 nitrogen and oxygen atoms in total. The van der Waals surface area contributed by atoms with Gasteiger partial charge in [-0.2, -0.15) is 11.8 Å². The second-order valence-electron chi connectivity index (χ2n) is 5.67. The minimum absolute atomic E-state index is 0.0375. The molecule has 1 N–H and O–H groups in total. The van der Waals surface area contributed by atoms with Gasteiger partial charge in [-0.1, -0.05) is 48.0 Å². The third kappa shape index (κ3) is 4.15. The summed E-state index contributed by atoms with van der Waals surface area (Å²) in [5.74, 6) is 1.82. The van der Waals surface area contributed by atoms with Crippen molar-refractivity contribution >= 4 is 28.6 Å². The molecule has 0 saturated heterocycles. The van der Waals surface area contributed by atoms with Crippen molar-refractivity contribution in [2.24, 2.45) is 0 Å². The van der Waals surface area contributed by atoms with Crippen LogP contribution in [0.3, 0.4) is 0 Å². The Morgan fingerprint density at radius 3 is 2.71 bits per heavy atom. The van der Waals surface area contributed by atoms with Gasteiger partial charge in [-0.3, -0.25) is 9.78 Å². The van der Waals surface area contributed by atoms with Crippen LogP contribution >= 0.6 is 11.8 Å². The number of benzene rings is 2. The molecule has 3 rings (SSSR count). The van der Waals surface area contributed by atoms with Crippen molar-refractivity contribution in [1.82, 2.24) is 10.3 Å². The van der Waals surface area contributed by atoms with Gasteiger partial charge in [-0.05, 0) is 24.6 Å². The highest BCUT2D eigenvalue weighted by Gasteiger charge is 2.09. The molecule has 3 aromatic rings. The molecule has 0 aliphatic carbocycles. The summed E-state index contributed by atoms with van der Waals surface area (Å²) in [7, 11) is 0. The third-order valence-corrected chi connectivity index (χ3v) is 4.85. The van der Waals surface area contributed by atoms with Crippen LogP contribution in [0, 0.1) is 6.92 Å². The fraction of sp³-hybridized carbons (Fsp3) is 0.200. The number of carbonyl (C=O) groups excluding carboxylic acids is 1. The molecule has 24 heavy (non-hydrogen) atoms. The van der Waals surface area contributed by atoms with Crippen molar-refractivity contribution in [3.8, 4) is 0 Å². The number of nitrogens with one attached hydrogen (secondary N) is 1. The summed E-state index contributed by atoms with van der Waals surface area (Å²) in [6.07, 6.45) is 1.68. The first-order valence-corrected chi connectivity index (χ1v) is 9.15. The van der Waals surface area contributed by atoms with Crippen LogP contribution in [0.5, 0.6) is 0 Å². The number of fused-ring (bicyclic) bond motifs is 1. The molecular weight excluding hydrogens is 316 g/mol.